The number of nitrogens with one attached hydrogen (secondary N) is 1. The van der Waals surface area contributed by atoms with E-state index >= 15 is 0 Å². The highest BCUT2D eigenvalue weighted by molar-refractivity contribution is 7.92. The molecule has 0 atom stereocenters. The molecule has 2 aromatic carbocycles. The van der Waals surface area contributed by atoms with Crippen molar-refractivity contribution in [3.8, 4) is 11.8 Å². The van der Waals surface area contributed by atoms with Gasteiger partial charge >= 0.3 is 0 Å². The summed E-state index contributed by atoms with van der Waals surface area (Å²) in [5, 5.41) is 8.70. The van der Waals surface area contributed by atoms with Gasteiger partial charge < -0.3 is 4.74 Å². The van der Waals surface area contributed by atoms with Crippen LogP contribution < -0.4 is 9.46 Å². The lowest BCUT2D eigenvalue weighted by Crippen LogP contribution is -2.15. The van der Waals surface area contributed by atoms with Gasteiger partial charge in [-0.3, -0.25) is 4.72 Å². The fourth-order valence-electron chi connectivity index (χ4n) is 2.59. The number of hydrogen-bond donors (Lipinski definition) is 1. The van der Waals surface area contributed by atoms with Crippen molar-refractivity contribution in [2.45, 2.75) is 38.0 Å². The van der Waals surface area contributed by atoms with Gasteiger partial charge in [-0.05, 0) is 53.8 Å². The van der Waals surface area contributed by atoms with Gasteiger partial charge in [0.1, 0.15) is 5.75 Å². The van der Waals surface area contributed by atoms with Crippen LogP contribution in [0.3, 0.4) is 0 Å². The summed E-state index contributed by atoms with van der Waals surface area (Å²) >= 11 is 0. The summed E-state index contributed by atoms with van der Waals surface area (Å²) in [7, 11) is -2.14. The van der Waals surface area contributed by atoms with E-state index in [1.165, 1.54) is 0 Å². The first kappa shape index (κ1) is 18.8. The third kappa shape index (κ3) is 4.31. The first-order valence-corrected chi connectivity index (χ1v) is 9.44. The van der Waals surface area contributed by atoms with E-state index in [1.807, 2.05) is 13.8 Å². The second-order valence-electron chi connectivity index (χ2n) is 6.15. The molecule has 2 aromatic rings. The van der Waals surface area contributed by atoms with Crippen LogP contribution in [0.2, 0.25) is 0 Å². The second-order valence-corrected chi connectivity index (χ2v) is 7.80. The van der Waals surface area contributed by atoms with Crippen LogP contribution in [0.1, 0.15) is 36.5 Å². The van der Waals surface area contributed by atoms with Crippen molar-refractivity contribution >= 4 is 15.7 Å². The Morgan fingerprint density at radius 2 is 1.84 bits per heavy atom. The zero-order valence-corrected chi connectivity index (χ0v) is 15.6. The smallest absolute Gasteiger partial charge is 0.262 e. The fourth-order valence-corrected chi connectivity index (χ4v) is 3.91. The van der Waals surface area contributed by atoms with Crippen molar-refractivity contribution in [2.24, 2.45) is 0 Å². The summed E-state index contributed by atoms with van der Waals surface area (Å²) in [6.45, 7) is 5.73. The standard InChI is InChI=1S/C19H22N2O3S/c1-13(2)17-12-19(14(3)11-18(17)24-4)25(22,23)21-16-7-5-15(6-8-16)9-10-20/h5-8,11-13,21H,9H2,1-4H3. The molecule has 25 heavy (non-hydrogen) atoms. The maximum Gasteiger partial charge on any atom is 0.262 e. The van der Waals surface area contributed by atoms with Gasteiger partial charge in [-0.25, -0.2) is 8.42 Å². The molecule has 132 valence electrons. The highest BCUT2D eigenvalue weighted by Crippen LogP contribution is 2.32. The van der Waals surface area contributed by atoms with Crippen LogP contribution in [0.5, 0.6) is 5.75 Å². The van der Waals surface area contributed by atoms with E-state index in [-0.39, 0.29) is 10.8 Å². The predicted octanol–water partition coefficient (Wildman–Crippen LogP) is 3.99. The molecular formula is C19H22N2O3S. The molecule has 0 saturated carbocycles. The molecule has 5 nitrogen and oxygen atoms in total. The molecule has 1 N–H and O–H groups in total. The van der Waals surface area contributed by atoms with Crippen LogP contribution in [0.25, 0.3) is 0 Å². The number of nitriles is 1. The van der Waals surface area contributed by atoms with Crippen molar-refractivity contribution in [3.05, 3.63) is 53.1 Å². The van der Waals surface area contributed by atoms with Crippen molar-refractivity contribution in [1.82, 2.24) is 0 Å². The number of aryl methyl sites for hydroxylation is 1. The molecule has 0 aliphatic heterocycles. The minimum atomic E-state index is -3.72. The SMILES string of the molecule is COc1cc(C)c(S(=O)(=O)Nc2ccc(CC#N)cc2)cc1C(C)C. The topological polar surface area (TPSA) is 79.2 Å². The average molecular weight is 358 g/mol. The second kappa shape index (κ2) is 7.58. The predicted molar refractivity (Wildman–Crippen MR) is 98.4 cm³/mol. The molecule has 0 radical (unpaired) electrons. The number of nitrogens with zero attached hydrogens (tertiary/aromatic N) is 1. The lowest BCUT2D eigenvalue weighted by Gasteiger charge is -2.17. The van der Waals surface area contributed by atoms with Gasteiger partial charge in [-0.15, -0.1) is 0 Å². The first-order chi connectivity index (χ1) is 11.8. The molecule has 0 amide bonds. The van der Waals surface area contributed by atoms with Crippen molar-refractivity contribution < 1.29 is 13.2 Å². The van der Waals surface area contributed by atoms with Crippen LogP contribution in [0.15, 0.2) is 41.3 Å². The van der Waals surface area contributed by atoms with Gasteiger partial charge in [-0.1, -0.05) is 26.0 Å². The molecular weight excluding hydrogens is 336 g/mol. The highest BCUT2D eigenvalue weighted by atomic mass is 32.2. The van der Waals surface area contributed by atoms with Gasteiger partial charge in [0.15, 0.2) is 0 Å². The maximum absolute atomic E-state index is 12.8. The zero-order chi connectivity index (χ0) is 18.6. The number of anilines is 1. The van der Waals surface area contributed by atoms with E-state index in [1.54, 1.807) is 50.4 Å². The van der Waals surface area contributed by atoms with Crippen molar-refractivity contribution in [1.29, 1.82) is 5.26 Å². The minimum absolute atomic E-state index is 0.134. The molecule has 0 aliphatic rings. The third-order valence-corrected chi connectivity index (χ3v) is 5.45. The lowest BCUT2D eigenvalue weighted by atomic mass is 10.0. The number of rotatable bonds is 6. The number of hydrogen-bond acceptors (Lipinski definition) is 4. The fraction of sp³-hybridized carbons (Fsp3) is 0.316. The molecule has 6 heteroatoms. The molecule has 0 aliphatic carbocycles. The molecule has 2 rings (SSSR count). The summed E-state index contributed by atoms with van der Waals surface area (Å²) in [5.74, 6) is 0.821. The number of sulfonamides is 1. The van der Waals surface area contributed by atoms with E-state index in [0.717, 1.165) is 11.1 Å². The molecule has 0 aromatic heterocycles. The van der Waals surface area contributed by atoms with E-state index < -0.39 is 10.0 Å². The summed E-state index contributed by atoms with van der Waals surface area (Å²) in [6.07, 6.45) is 0.294. The van der Waals surface area contributed by atoms with Crippen LogP contribution in [-0.2, 0) is 16.4 Å². The quantitative estimate of drug-likeness (QED) is 0.846. The van der Waals surface area contributed by atoms with Crippen molar-refractivity contribution in [3.63, 3.8) is 0 Å². The summed E-state index contributed by atoms with van der Waals surface area (Å²) in [6, 6.07) is 12.3. The van der Waals surface area contributed by atoms with Gasteiger partial charge in [0.05, 0.1) is 24.5 Å². The Labute approximate surface area is 149 Å². The number of benzene rings is 2. The Bertz CT molecular complexity index is 896. The Balaban J connectivity index is 2.39. The Kier molecular flexibility index (Phi) is 5.70. The Hall–Kier alpha value is -2.52. The van der Waals surface area contributed by atoms with Crippen LogP contribution in [0, 0.1) is 18.3 Å². The van der Waals surface area contributed by atoms with Gasteiger partial charge in [-0.2, -0.15) is 5.26 Å². The van der Waals surface area contributed by atoms with E-state index in [9.17, 15) is 8.42 Å². The molecule has 0 heterocycles. The zero-order valence-electron chi connectivity index (χ0n) is 14.8. The lowest BCUT2D eigenvalue weighted by molar-refractivity contribution is 0.406. The van der Waals surface area contributed by atoms with Crippen LogP contribution in [0.4, 0.5) is 5.69 Å². The van der Waals surface area contributed by atoms with Crippen LogP contribution in [-0.4, -0.2) is 15.5 Å². The van der Waals surface area contributed by atoms with Gasteiger partial charge in [0, 0.05) is 5.69 Å². The highest BCUT2D eigenvalue weighted by Gasteiger charge is 2.21. The summed E-state index contributed by atoms with van der Waals surface area (Å²) < 4.78 is 33.6. The Morgan fingerprint density at radius 3 is 2.36 bits per heavy atom. The monoisotopic (exact) mass is 358 g/mol. The normalized spacial score (nSPS) is 11.2. The molecule has 0 fully saturated rings. The van der Waals surface area contributed by atoms with Gasteiger partial charge in [0.2, 0.25) is 0 Å². The molecule has 0 spiro atoms. The largest absolute Gasteiger partial charge is 0.496 e. The van der Waals surface area contributed by atoms with Gasteiger partial charge in [0.25, 0.3) is 10.0 Å². The molecule has 0 saturated heterocycles. The maximum atomic E-state index is 12.8. The van der Waals surface area contributed by atoms with E-state index in [4.69, 9.17) is 10.00 Å². The van der Waals surface area contributed by atoms with Crippen LogP contribution >= 0.6 is 0 Å². The Morgan fingerprint density at radius 1 is 1.20 bits per heavy atom. The molecule has 0 unspecified atom stereocenters. The third-order valence-electron chi connectivity index (χ3n) is 3.93. The van der Waals surface area contributed by atoms with Crippen molar-refractivity contribution in [2.75, 3.05) is 11.8 Å². The number of methoxy groups -OCH3 is 1. The summed E-state index contributed by atoms with van der Waals surface area (Å²) in [4.78, 5) is 0.234. The number of ether oxygens (including phenoxy) is 1. The molecule has 0 bridgehead atoms. The first-order valence-electron chi connectivity index (χ1n) is 7.95. The van der Waals surface area contributed by atoms with E-state index in [2.05, 4.69) is 10.8 Å². The summed E-state index contributed by atoms with van der Waals surface area (Å²) in [5.41, 5.74) is 2.77. The minimum Gasteiger partial charge on any atom is -0.496 e. The average Bonchev–Trinajstić information content (AvgIpc) is 2.55. The van der Waals surface area contributed by atoms with E-state index in [0.29, 0.717) is 23.4 Å².